The van der Waals surface area contributed by atoms with Crippen LogP contribution in [-0.2, 0) is 16.1 Å². The van der Waals surface area contributed by atoms with E-state index < -0.39 is 24.3 Å². The van der Waals surface area contributed by atoms with Crippen molar-refractivity contribution in [1.29, 1.82) is 0 Å². The molecule has 0 bridgehead atoms. The standard InChI is InChI=1S/C24H17FN2O5/c25-14-7-5-13(6-8-14)11-27-19(28)12-32-24(31)18-10-9-17-20(21(18)26)23(30)16-4-2-1-3-15(16)22(17)29/h1-10H,11-12,26H2,(H,27,28). The van der Waals surface area contributed by atoms with Gasteiger partial charge in [0.25, 0.3) is 5.91 Å². The summed E-state index contributed by atoms with van der Waals surface area (Å²) in [5.74, 6) is -2.68. The molecule has 0 fully saturated rings. The molecular weight excluding hydrogens is 415 g/mol. The van der Waals surface area contributed by atoms with E-state index in [-0.39, 0.29) is 51.6 Å². The lowest BCUT2D eigenvalue weighted by molar-refractivity contribution is -0.124. The molecule has 3 N–H and O–H groups in total. The Hall–Kier alpha value is -4.33. The van der Waals surface area contributed by atoms with Gasteiger partial charge in [0.15, 0.2) is 18.2 Å². The number of fused-ring (bicyclic) bond motifs is 2. The molecule has 1 amide bonds. The van der Waals surface area contributed by atoms with Crippen LogP contribution in [0.3, 0.4) is 0 Å². The van der Waals surface area contributed by atoms with Gasteiger partial charge in [-0.25, -0.2) is 9.18 Å². The maximum absolute atomic E-state index is 12.9. The summed E-state index contributed by atoms with van der Waals surface area (Å²) < 4.78 is 17.9. The molecule has 0 unspecified atom stereocenters. The molecule has 160 valence electrons. The van der Waals surface area contributed by atoms with Crippen molar-refractivity contribution in [2.24, 2.45) is 0 Å². The van der Waals surface area contributed by atoms with E-state index in [2.05, 4.69) is 5.32 Å². The van der Waals surface area contributed by atoms with Crippen LogP contribution < -0.4 is 11.1 Å². The third-order valence-corrected chi connectivity index (χ3v) is 5.09. The van der Waals surface area contributed by atoms with Crippen LogP contribution in [-0.4, -0.2) is 30.0 Å². The van der Waals surface area contributed by atoms with Crippen LogP contribution in [0.4, 0.5) is 10.1 Å². The Bertz CT molecular complexity index is 1270. The van der Waals surface area contributed by atoms with Crippen LogP contribution in [0.25, 0.3) is 0 Å². The number of hydrogen-bond acceptors (Lipinski definition) is 6. The predicted octanol–water partition coefficient (Wildman–Crippen LogP) is 2.66. The summed E-state index contributed by atoms with van der Waals surface area (Å²) in [6.45, 7) is -0.445. The third-order valence-electron chi connectivity index (χ3n) is 5.09. The average Bonchev–Trinajstić information content (AvgIpc) is 2.80. The molecule has 0 spiro atoms. The molecule has 0 heterocycles. The van der Waals surface area contributed by atoms with Gasteiger partial charge in [0.05, 0.1) is 16.8 Å². The Labute approximate surface area is 182 Å². The molecule has 0 radical (unpaired) electrons. The highest BCUT2D eigenvalue weighted by Crippen LogP contribution is 2.32. The average molecular weight is 432 g/mol. The summed E-state index contributed by atoms with van der Waals surface area (Å²) in [5, 5.41) is 2.55. The molecule has 0 atom stereocenters. The fourth-order valence-electron chi connectivity index (χ4n) is 3.45. The highest BCUT2D eigenvalue weighted by molar-refractivity contribution is 6.30. The number of halogens is 1. The molecule has 32 heavy (non-hydrogen) atoms. The zero-order valence-corrected chi connectivity index (χ0v) is 16.7. The van der Waals surface area contributed by atoms with Gasteiger partial charge >= 0.3 is 5.97 Å². The van der Waals surface area contributed by atoms with E-state index in [0.717, 1.165) is 0 Å². The number of amides is 1. The third kappa shape index (κ3) is 3.85. The Morgan fingerprint density at radius 3 is 2.22 bits per heavy atom. The van der Waals surface area contributed by atoms with Crippen molar-refractivity contribution in [3.8, 4) is 0 Å². The van der Waals surface area contributed by atoms with Gasteiger partial charge in [0.2, 0.25) is 0 Å². The van der Waals surface area contributed by atoms with Gasteiger partial charge in [0.1, 0.15) is 5.82 Å². The van der Waals surface area contributed by atoms with Crippen LogP contribution in [0.5, 0.6) is 0 Å². The van der Waals surface area contributed by atoms with Crippen molar-refractivity contribution < 1.29 is 28.3 Å². The number of hydrogen-bond donors (Lipinski definition) is 2. The topological polar surface area (TPSA) is 116 Å². The SMILES string of the molecule is Nc1c(C(=O)OCC(=O)NCc2ccc(F)cc2)ccc2c1C(=O)c1ccccc1C2=O. The number of ketones is 2. The Kier molecular flexibility index (Phi) is 5.51. The largest absolute Gasteiger partial charge is 0.452 e. The van der Waals surface area contributed by atoms with E-state index in [1.807, 2.05) is 0 Å². The Morgan fingerprint density at radius 2 is 1.53 bits per heavy atom. The van der Waals surface area contributed by atoms with Crippen molar-refractivity contribution >= 4 is 29.1 Å². The number of carbonyl (C=O) groups is 4. The summed E-state index contributed by atoms with van der Waals surface area (Å²) in [6.07, 6.45) is 0. The highest BCUT2D eigenvalue weighted by Gasteiger charge is 2.33. The summed E-state index contributed by atoms with van der Waals surface area (Å²) in [7, 11) is 0. The molecule has 7 nitrogen and oxygen atoms in total. The van der Waals surface area contributed by atoms with E-state index in [0.29, 0.717) is 5.56 Å². The van der Waals surface area contributed by atoms with Crippen molar-refractivity contribution in [2.45, 2.75) is 6.54 Å². The zero-order valence-electron chi connectivity index (χ0n) is 16.7. The number of ether oxygens (including phenoxy) is 1. The lowest BCUT2D eigenvalue weighted by Gasteiger charge is -2.20. The van der Waals surface area contributed by atoms with Gasteiger partial charge in [-0.2, -0.15) is 0 Å². The second-order valence-electron chi connectivity index (χ2n) is 7.13. The van der Waals surface area contributed by atoms with Gasteiger partial charge < -0.3 is 15.8 Å². The van der Waals surface area contributed by atoms with Gasteiger partial charge in [-0.1, -0.05) is 36.4 Å². The van der Waals surface area contributed by atoms with Crippen molar-refractivity contribution in [3.05, 3.63) is 99.9 Å². The minimum atomic E-state index is -0.902. The van der Waals surface area contributed by atoms with Crippen molar-refractivity contribution in [1.82, 2.24) is 5.32 Å². The number of esters is 1. The molecule has 1 aliphatic carbocycles. The summed E-state index contributed by atoms with van der Waals surface area (Å²) in [6, 6.07) is 14.6. The first-order valence-electron chi connectivity index (χ1n) is 9.66. The normalized spacial score (nSPS) is 12.0. The molecule has 0 saturated heterocycles. The minimum absolute atomic E-state index is 0.0519. The van der Waals surface area contributed by atoms with Gasteiger partial charge in [-0.3, -0.25) is 14.4 Å². The second kappa shape index (κ2) is 8.43. The summed E-state index contributed by atoms with van der Waals surface area (Å²) in [5.41, 5.74) is 6.99. The highest BCUT2D eigenvalue weighted by atomic mass is 19.1. The van der Waals surface area contributed by atoms with E-state index in [1.165, 1.54) is 42.5 Å². The molecular formula is C24H17FN2O5. The molecule has 0 saturated carbocycles. The van der Waals surface area contributed by atoms with E-state index in [4.69, 9.17) is 10.5 Å². The van der Waals surface area contributed by atoms with Crippen molar-refractivity contribution in [3.63, 3.8) is 0 Å². The molecule has 0 aliphatic heterocycles. The number of carbonyl (C=O) groups excluding carboxylic acids is 4. The fourth-order valence-corrected chi connectivity index (χ4v) is 3.45. The number of rotatable bonds is 5. The molecule has 4 rings (SSSR count). The maximum atomic E-state index is 12.9. The van der Waals surface area contributed by atoms with E-state index >= 15 is 0 Å². The first-order chi connectivity index (χ1) is 15.4. The first-order valence-corrected chi connectivity index (χ1v) is 9.66. The number of benzene rings is 3. The molecule has 3 aromatic rings. The number of nitrogens with one attached hydrogen (secondary N) is 1. The van der Waals surface area contributed by atoms with Gasteiger partial charge in [-0.15, -0.1) is 0 Å². The van der Waals surface area contributed by atoms with E-state index in [1.54, 1.807) is 18.2 Å². The predicted molar refractivity (Wildman–Crippen MR) is 113 cm³/mol. The second-order valence-corrected chi connectivity index (χ2v) is 7.13. The fraction of sp³-hybridized carbons (Fsp3) is 0.0833. The molecule has 8 heteroatoms. The lowest BCUT2D eigenvalue weighted by atomic mass is 9.82. The lowest BCUT2D eigenvalue weighted by Crippen LogP contribution is -2.29. The summed E-state index contributed by atoms with van der Waals surface area (Å²) in [4.78, 5) is 50.1. The number of anilines is 1. The van der Waals surface area contributed by atoms with Gasteiger partial charge in [-0.05, 0) is 29.8 Å². The number of nitrogens with two attached hydrogens (primary N) is 1. The number of nitrogen functional groups attached to an aromatic ring is 1. The van der Waals surface area contributed by atoms with Crippen molar-refractivity contribution in [2.75, 3.05) is 12.3 Å². The quantitative estimate of drug-likeness (QED) is 0.370. The van der Waals surface area contributed by atoms with Gasteiger partial charge in [0, 0.05) is 23.2 Å². The Balaban J connectivity index is 1.46. The van der Waals surface area contributed by atoms with E-state index in [9.17, 15) is 23.6 Å². The summed E-state index contributed by atoms with van der Waals surface area (Å²) >= 11 is 0. The van der Waals surface area contributed by atoms with Crippen LogP contribution in [0.2, 0.25) is 0 Å². The van der Waals surface area contributed by atoms with Crippen LogP contribution in [0.1, 0.15) is 47.8 Å². The molecule has 3 aromatic carbocycles. The smallest absolute Gasteiger partial charge is 0.340 e. The first kappa shape index (κ1) is 20.9. The molecule has 0 aromatic heterocycles. The van der Waals surface area contributed by atoms with Crippen LogP contribution in [0.15, 0.2) is 60.7 Å². The van der Waals surface area contributed by atoms with Crippen LogP contribution in [0, 0.1) is 5.82 Å². The monoisotopic (exact) mass is 432 g/mol. The zero-order chi connectivity index (χ0) is 22.8. The van der Waals surface area contributed by atoms with Crippen LogP contribution >= 0.6 is 0 Å². The maximum Gasteiger partial charge on any atom is 0.340 e. The molecule has 1 aliphatic rings. The Morgan fingerprint density at radius 1 is 0.875 bits per heavy atom. The minimum Gasteiger partial charge on any atom is -0.452 e.